The van der Waals surface area contributed by atoms with Gasteiger partial charge in [0, 0.05) is 12.6 Å². The predicted octanol–water partition coefficient (Wildman–Crippen LogP) is 2.64. The number of nitrogens with zero attached hydrogens (tertiary/aromatic N) is 2. The van der Waals surface area contributed by atoms with E-state index in [1.54, 1.807) is 0 Å². The number of nitrogens with one attached hydrogen (secondary N) is 1. The number of piperidine rings is 1. The Hall–Kier alpha value is -0.870. The van der Waals surface area contributed by atoms with Crippen molar-refractivity contribution < 1.29 is 0 Å². The molecule has 3 heterocycles. The van der Waals surface area contributed by atoms with Crippen LogP contribution in [0.3, 0.4) is 0 Å². The highest BCUT2D eigenvalue weighted by atomic mass is 79.9. The Bertz CT molecular complexity index is 514. The van der Waals surface area contributed by atoms with Crippen LogP contribution in [0.2, 0.25) is 0 Å². The largest absolute Gasteiger partial charge is 0.317 e. The fourth-order valence-corrected chi connectivity index (χ4v) is 3.08. The Balaban J connectivity index is 1.89. The van der Waals surface area contributed by atoms with E-state index < -0.39 is 0 Å². The molecule has 0 aliphatic carbocycles. The minimum atomic E-state index is 0.772. The number of aromatic nitrogens is 2. The second-order valence-electron chi connectivity index (χ2n) is 4.67. The van der Waals surface area contributed by atoms with Crippen molar-refractivity contribution in [3.05, 3.63) is 34.8 Å². The van der Waals surface area contributed by atoms with Crippen molar-refractivity contribution in [2.75, 3.05) is 13.1 Å². The lowest BCUT2D eigenvalue weighted by atomic mass is 9.94. The molecule has 1 fully saturated rings. The Morgan fingerprint density at radius 2 is 2.18 bits per heavy atom. The molecule has 0 atom stereocenters. The van der Waals surface area contributed by atoms with Crippen LogP contribution in [-0.4, -0.2) is 22.5 Å². The molecule has 0 aromatic carbocycles. The van der Waals surface area contributed by atoms with Gasteiger partial charge in [0.25, 0.3) is 0 Å². The second kappa shape index (κ2) is 4.78. The quantitative estimate of drug-likeness (QED) is 0.922. The number of fused-ring (bicyclic) bond motifs is 1. The summed E-state index contributed by atoms with van der Waals surface area (Å²) in [5.74, 6) is 1.95. The minimum absolute atomic E-state index is 0.772. The molecule has 1 aliphatic heterocycles. The molecule has 90 valence electrons. The zero-order valence-corrected chi connectivity index (χ0v) is 11.3. The van der Waals surface area contributed by atoms with Crippen LogP contribution in [0.15, 0.2) is 29.0 Å². The maximum Gasteiger partial charge on any atom is 0.132 e. The van der Waals surface area contributed by atoms with Crippen LogP contribution in [0.1, 0.15) is 18.7 Å². The van der Waals surface area contributed by atoms with Gasteiger partial charge >= 0.3 is 0 Å². The van der Waals surface area contributed by atoms with Gasteiger partial charge in [-0.25, -0.2) is 4.98 Å². The molecule has 0 radical (unpaired) electrons. The van der Waals surface area contributed by atoms with E-state index in [1.165, 1.54) is 18.7 Å². The number of rotatable bonds is 2. The SMILES string of the molecule is Brc1nc(CC2CCNCC2)n2ccccc12. The van der Waals surface area contributed by atoms with Crippen LogP contribution in [-0.2, 0) is 6.42 Å². The van der Waals surface area contributed by atoms with Crippen LogP contribution in [0.4, 0.5) is 0 Å². The Morgan fingerprint density at radius 1 is 1.35 bits per heavy atom. The molecule has 17 heavy (non-hydrogen) atoms. The number of imidazole rings is 1. The van der Waals surface area contributed by atoms with Crippen LogP contribution in [0, 0.1) is 5.92 Å². The highest BCUT2D eigenvalue weighted by Crippen LogP contribution is 2.23. The van der Waals surface area contributed by atoms with E-state index in [1.807, 2.05) is 0 Å². The molecule has 4 heteroatoms. The molecule has 0 unspecified atom stereocenters. The Kier molecular flexibility index (Phi) is 3.16. The van der Waals surface area contributed by atoms with E-state index in [9.17, 15) is 0 Å². The van der Waals surface area contributed by atoms with E-state index in [0.717, 1.165) is 35.5 Å². The average Bonchev–Trinajstić information content (AvgIpc) is 2.69. The normalized spacial score (nSPS) is 17.7. The molecule has 2 aromatic heterocycles. The lowest BCUT2D eigenvalue weighted by molar-refractivity contribution is 0.367. The van der Waals surface area contributed by atoms with E-state index in [2.05, 4.69) is 55.0 Å². The molecule has 3 rings (SSSR count). The molecule has 1 saturated heterocycles. The number of halogens is 1. The summed E-state index contributed by atoms with van der Waals surface area (Å²) in [6.07, 6.45) is 5.71. The minimum Gasteiger partial charge on any atom is -0.317 e. The third-order valence-electron chi connectivity index (χ3n) is 3.51. The molecule has 0 spiro atoms. The zero-order valence-electron chi connectivity index (χ0n) is 9.69. The van der Waals surface area contributed by atoms with Crippen LogP contribution < -0.4 is 5.32 Å². The summed E-state index contributed by atoms with van der Waals surface area (Å²) in [6, 6.07) is 6.21. The summed E-state index contributed by atoms with van der Waals surface area (Å²) in [5.41, 5.74) is 1.16. The fraction of sp³-hybridized carbons (Fsp3) is 0.462. The lowest BCUT2D eigenvalue weighted by Gasteiger charge is -2.21. The van der Waals surface area contributed by atoms with Gasteiger partial charge in [-0.05, 0) is 59.9 Å². The molecule has 0 saturated carbocycles. The standard InChI is InChI=1S/C13H16BrN3/c14-13-11-3-1-2-8-17(11)12(16-13)9-10-4-6-15-7-5-10/h1-3,8,10,15H,4-7,9H2. The van der Waals surface area contributed by atoms with E-state index in [-0.39, 0.29) is 0 Å². The van der Waals surface area contributed by atoms with Gasteiger partial charge in [0.1, 0.15) is 10.4 Å². The average molecular weight is 294 g/mol. The molecule has 1 aliphatic rings. The third-order valence-corrected chi connectivity index (χ3v) is 4.09. The number of hydrogen-bond acceptors (Lipinski definition) is 2. The van der Waals surface area contributed by atoms with E-state index >= 15 is 0 Å². The molecular formula is C13H16BrN3. The number of hydrogen-bond donors (Lipinski definition) is 1. The second-order valence-corrected chi connectivity index (χ2v) is 5.42. The van der Waals surface area contributed by atoms with Crippen LogP contribution in [0.5, 0.6) is 0 Å². The predicted molar refractivity (Wildman–Crippen MR) is 72.2 cm³/mol. The van der Waals surface area contributed by atoms with Gasteiger partial charge < -0.3 is 9.72 Å². The zero-order chi connectivity index (χ0) is 11.7. The van der Waals surface area contributed by atoms with Gasteiger partial charge in [-0.15, -0.1) is 0 Å². The summed E-state index contributed by atoms with van der Waals surface area (Å²) >= 11 is 3.54. The van der Waals surface area contributed by atoms with Crippen molar-refractivity contribution >= 4 is 21.4 Å². The van der Waals surface area contributed by atoms with Crippen molar-refractivity contribution in [3.63, 3.8) is 0 Å². The lowest BCUT2D eigenvalue weighted by Crippen LogP contribution is -2.29. The van der Waals surface area contributed by atoms with Crippen molar-refractivity contribution in [2.24, 2.45) is 5.92 Å². The van der Waals surface area contributed by atoms with Gasteiger partial charge in [-0.1, -0.05) is 6.07 Å². The molecule has 3 nitrogen and oxygen atoms in total. The van der Waals surface area contributed by atoms with Gasteiger partial charge in [0.15, 0.2) is 0 Å². The monoisotopic (exact) mass is 293 g/mol. The summed E-state index contributed by atoms with van der Waals surface area (Å²) < 4.78 is 3.16. The van der Waals surface area contributed by atoms with Gasteiger partial charge in [-0.2, -0.15) is 0 Å². The highest BCUT2D eigenvalue weighted by Gasteiger charge is 2.17. The Morgan fingerprint density at radius 3 is 3.00 bits per heavy atom. The van der Waals surface area contributed by atoms with Gasteiger partial charge in [-0.3, -0.25) is 0 Å². The first-order valence-corrected chi connectivity index (χ1v) is 6.96. The van der Waals surface area contributed by atoms with Crippen molar-refractivity contribution in [2.45, 2.75) is 19.3 Å². The van der Waals surface area contributed by atoms with Crippen molar-refractivity contribution in [1.29, 1.82) is 0 Å². The maximum atomic E-state index is 4.64. The van der Waals surface area contributed by atoms with Crippen molar-refractivity contribution in [3.8, 4) is 0 Å². The third kappa shape index (κ3) is 2.24. The fourth-order valence-electron chi connectivity index (χ4n) is 2.55. The summed E-state index contributed by atoms with van der Waals surface area (Å²) in [5, 5.41) is 3.41. The maximum absolute atomic E-state index is 4.64. The molecule has 0 amide bonds. The van der Waals surface area contributed by atoms with E-state index in [0.29, 0.717) is 0 Å². The first-order valence-electron chi connectivity index (χ1n) is 6.17. The number of pyridine rings is 1. The van der Waals surface area contributed by atoms with Crippen LogP contribution >= 0.6 is 15.9 Å². The van der Waals surface area contributed by atoms with Gasteiger partial charge in [0.2, 0.25) is 0 Å². The highest BCUT2D eigenvalue weighted by molar-refractivity contribution is 9.10. The van der Waals surface area contributed by atoms with E-state index in [4.69, 9.17) is 0 Å². The topological polar surface area (TPSA) is 29.3 Å². The smallest absolute Gasteiger partial charge is 0.132 e. The summed E-state index contributed by atoms with van der Waals surface area (Å²) in [4.78, 5) is 4.64. The molecular weight excluding hydrogens is 278 g/mol. The molecule has 0 bridgehead atoms. The first-order chi connectivity index (χ1) is 8.34. The van der Waals surface area contributed by atoms with Crippen LogP contribution in [0.25, 0.3) is 5.52 Å². The van der Waals surface area contributed by atoms with Crippen molar-refractivity contribution in [1.82, 2.24) is 14.7 Å². The molecule has 2 aromatic rings. The summed E-state index contributed by atoms with van der Waals surface area (Å²) in [7, 11) is 0. The summed E-state index contributed by atoms with van der Waals surface area (Å²) in [6.45, 7) is 2.30. The first kappa shape index (κ1) is 11.2. The Labute approximate surface area is 109 Å². The van der Waals surface area contributed by atoms with Gasteiger partial charge in [0.05, 0.1) is 5.52 Å². The molecule has 1 N–H and O–H groups in total.